The SMILES string of the molecule is CNCC(Oc1ccc(Cc2ccccc2)cc1)C(C)C. The van der Waals surface area contributed by atoms with Crippen LogP contribution in [0.15, 0.2) is 54.6 Å². The molecule has 2 heteroatoms. The maximum absolute atomic E-state index is 6.06. The maximum Gasteiger partial charge on any atom is 0.119 e. The standard InChI is InChI=1S/C19H25NO/c1-15(2)19(14-20-3)21-18-11-9-17(10-12-18)13-16-7-5-4-6-8-16/h4-12,15,19-20H,13-14H2,1-3H3. The fourth-order valence-electron chi connectivity index (χ4n) is 2.31. The van der Waals surface area contributed by atoms with Crippen molar-refractivity contribution in [3.8, 4) is 5.75 Å². The molecular formula is C19H25NO. The van der Waals surface area contributed by atoms with Gasteiger partial charge in [-0.3, -0.25) is 0 Å². The van der Waals surface area contributed by atoms with Crippen molar-refractivity contribution in [3.05, 3.63) is 65.7 Å². The van der Waals surface area contributed by atoms with Crippen LogP contribution in [0, 0.1) is 5.92 Å². The Kier molecular flexibility index (Phi) is 5.82. The van der Waals surface area contributed by atoms with Crippen LogP contribution in [0.5, 0.6) is 5.75 Å². The summed E-state index contributed by atoms with van der Waals surface area (Å²) >= 11 is 0. The van der Waals surface area contributed by atoms with E-state index in [1.807, 2.05) is 13.1 Å². The number of nitrogens with one attached hydrogen (secondary N) is 1. The molecule has 0 bridgehead atoms. The van der Waals surface area contributed by atoms with Gasteiger partial charge >= 0.3 is 0 Å². The van der Waals surface area contributed by atoms with E-state index in [1.54, 1.807) is 0 Å². The van der Waals surface area contributed by atoms with Crippen LogP contribution in [0.3, 0.4) is 0 Å². The topological polar surface area (TPSA) is 21.3 Å². The van der Waals surface area contributed by atoms with Gasteiger partial charge in [0.1, 0.15) is 11.9 Å². The van der Waals surface area contributed by atoms with Gasteiger partial charge in [0.2, 0.25) is 0 Å². The highest BCUT2D eigenvalue weighted by Gasteiger charge is 2.14. The summed E-state index contributed by atoms with van der Waals surface area (Å²) in [5, 5.41) is 3.19. The van der Waals surface area contributed by atoms with Crippen molar-refractivity contribution in [3.63, 3.8) is 0 Å². The first-order chi connectivity index (χ1) is 10.2. The first-order valence-electron chi connectivity index (χ1n) is 7.63. The van der Waals surface area contributed by atoms with Crippen molar-refractivity contribution in [2.24, 2.45) is 5.92 Å². The summed E-state index contributed by atoms with van der Waals surface area (Å²) < 4.78 is 6.06. The van der Waals surface area contributed by atoms with Crippen LogP contribution in [0.4, 0.5) is 0 Å². The minimum atomic E-state index is 0.204. The molecule has 0 radical (unpaired) electrons. The highest BCUT2D eigenvalue weighted by Crippen LogP contribution is 2.18. The molecule has 2 aromatic carbocycles. The summed E-state index contributed by atoms with van der Waals surface area (Å²) in [6.07, 6.45) is 1.17. The molecule has 0 amide bonds. The van der Waals surface area contributed by atoms with Crippen LogP contribution >= 0.6 is 0 Å². The van der Waals surface area contributed by atoms with Crippen LogP contribution in [0.1, 0.15) is 25.0 Å². The molecule has 0 aliphatic heterocycles. The second-order valence-corrected chi connectivity index (χ2v) is 5.76. The molecule has 0 aliphatic carbocycles. The molecule has 0 aliphatic rings. The number of hydrogen-bond donors (Lipinski definition) is 1. The maximum atomic E-state index is 6.06. The predicted molar refractivity (Wildman–Crippen MR) is 88.9 cm³/mol. The third kappa shape index (κ3) is 4.91. The van der Waals surface area contributed by atoms with Gasteiger partial charge in [-0.1, -0.05) is 56.3 Å². The molecule has 0 saturated carbocycles. The molecule has 0 saturated heterocycles. The van der Waals surface area contributed by atoms with Crippen LogP contribution in [-0.2, 0) is 6.42 Å². The third-order valence-corrected chi connectivity index (χ3v) is 3.61. The van der Waals surface area contributed by atoms with E-state index in [1.165, 1.54) is 11.1 Å². The normalized spacial score (nSPS) is 12.4. The summed E-state index contributed by atoms with van der Waals surface area (Å²) in [7, 11) is 1.96. The minimum absolute atomic E-state index is 0.204. The summed E-state index contributed by atoms with van der Waals surface area (Å²) in [4.78, 5) is 0. The zero-order chi connectivity index (χ0) is 15.1. The molecular weight excluding hydrogens is 258 g/mol. The van der Waals surface area contributed by atoms with E-state index in [0.29, 0.717) is 5.92 Å². The molecule has 0 heterocycles. The highest BCUT2D eigenvalue weighted by atomic mass is 16.5. The van der Waals surface area contributed by atoms with Gasteiger partial charge in [0.25, 0.3) is 0 Å². The van der Waals surface area contributed by atoms with Gasteiger partial charge in [-0.15, -0.1) is 0 Å². The minimum Gasteiger partial charge on any atom is -0.489 e. The lowest BCUT2D eigenvalue weighted by Crippen LogP contribution is -2.33. The van der Waals surface area contributed by atoms with Crippen molar-refractivity contribution in [2.45, 2.75) is 26.4 Å². The molecule has 1 N–H and O–H groups in total. The largest absolute Gasteiger partial charge is 0.489 e. The van der Waals surface area contributed by atoms with Gasteiger partial charge < -0.3 is 10.1 Å². The lowest BCUT2D eigenvalue weighted by molar-refractivity contribution is 0.151. The Morgan fingerprint density at radius 3 is 2.10 bits per heavy atom. The Balaban J connectivity index is 1.98. The summed E-state index contributed by atoms with van der Waals surface area (Å²) in [6.45, 7) is 5.24. The van der Waals surface area contributed by atoms with Crippen molar-refractivity contribution in [1.29, 1.82) is 0 Å². The van der Waals surface area contributed by atoms with Crippen molar-refractivity contribution < 1.29 is 4.74 Å². The number of likely N-dealkylation sites (N-methyl/N-ethyl adjacent to an activating group) is 1. The molecule has 1 atom stereocenters. The van der Waals surface area contributed by atoms with E-state index in [9.17, 15) is 0 Å². The van der Waals surface area contributed by atoms with Gasteiger partial charge in [-0.25, -0.2) is 0 Å². The lowest BCUT2D eigenvalue weighted by Gasteiger charge is -2.22. The summed E-state index contributed by atoms with van der Waals surface area (Å²) in [5.41, 5.74) is 2.64. The summed E-state index contributed by atoms with van der Waals surface area (Å²) in [5.74, 6) is 1.43. The predicted octanol–water partition coefficient (Wildman–Crippen LogP) is 3.90. The average Bonchev–Trinajstić information content (AvgIpc) is 2.49. The molecule has 1 unspecified atom stereocenters. The van der Waals surface area contributed by atoms with Crippen LogP contribution in [-0.4, -0.2) is 19.7 Å². The van der Waals surface area contributed by atoms with E-state index >= 15 is 0 Å². The number of benzene rings is 2. The zero-order valence-corrected chi connectivity index (χ0v) is 13.2. The van der Waals surface area contributed by atoms with Gasteiger partial charge in [0.05, 0.1) is 0 Å². The van der Waals surface area contributed by atoms with Crippen LogP contribution in [0.25, 0.3) is 0 Å². The highest BCUT2D eigenvalue weighted by molar-refractivity contribution is 5.31. The first kappa shape index (κ1) is 15.6. The number of ether oxygens (including phenoxy) is 1. The second kappa shape index (κ2) is 7.84. The molecule has 2 rings (SSSR count). The first-order valence-corrected chi connectivity index (χ1v) is 7.63. The van der Waals surface area contributed by atoms with Crippen molar-refractivity contribution in [1.82, 2.24) is 5.32 Å². The van der Waals surface area contributed by atoms with E-state index in [0.717, 1.165) is 18.7 Å². The third-order valence-electron chi connectivity index (χ3n) is 3.61. The fraction of sp³-hybridized carbons (Fsp3) is 0.368. The van der Waals surface area contributed by atoms with Gasteiger partial charge in [0.15, 0.2) is 0 Å². The van der Waals surface area contributed by atoms with E-state index < -0.39 is 0 Å². The van der Waals surface area contributed by atoms with Gasteiger partial charge in [-0.05, 0) is 42.6 Å². The quantitative estimate of drug-likeness (QED) is 0.832. The van der Waals surface area contributed by atoms with Crippen LogP contribution < -0.4 is 10.1 Å². The molecule has 21 heavy (non-hydrogen) atoms. The molecule has 0 aromatic heterocycles. The summed E-state index contributed by atoms with van der Waals surface area (Å²) in [6, 6.07) is 19.0. The smallest absolute Gasteiger partial charge is 0.119 e. The van der Waals surface area contributed by atoms with E-state index in [2.05, 4.69) is 67.7 Å². The van der Waals surface area contributed by atoms with Crippen molar-refractivity contribution >= 4 is 0 Å². The van der Waals surface area contributed by atoms with Crippen molar-refractivity contribution in [2.75, 3.05) is 13.6 Å². The Morgan fingerprint density at radius 2 is 1.52 bits per heavy atom. The molecule has 0 spiro atoms. The van der Waals surface area contributed by atoms with E-state index in [4.69, 9.17) is 4.74 Å². The van der Waals surface area contributed by atoms with Gasteiger partial charge in [-0.2, -0.15) is 0 Å². The fourth-order valence-corrected chi connectivity index (χ4v) is 2.31. The molecule has 2 aromatic rings. The molecule has 0 fully saturated rings. The van der Waals surface area contributed by atoms with Crippen LogP contribution in [0.2, 0.25) is 0 Å². The Morgan fingerprint density at radius 1 is 0.905 bits per heavy atom. The zero-order valence-electron chi connectivity index (χ0n) is 13.2. The monoisotopic (exact) mass is 283 g/mol. The Hall–Kier alpha value is -1.80. The average molecular weight is 283 g/mol. The number of rotatable bonds is 7. The van der Waals surface area contributed by atoms with E-state index in [-0.39, 0.29) is 6.10 Å². The Bertz CT molecular complexity index is 519. The Labute approximate surface area is 128 Å². The van der Waals surface area contributed by atoms with Gasteiger partial charge in [0, 0.05) is 6.54 Å². The second-order valence-electron chi connectivity index (χ2n) is 5.76. The number of hydrogen-bond acceptors (Lipinski definition) is 2. The molecule has 2 nitrogen and oxygen atoms in total. The lowest BCUT2D eigenvalue weighted by atomic mass is 10.0. The molecule has 112 valence electrons.